The van der Waals surface area contributed by atoms with Crippen molar-refractivity contribution in [3.63, 3.8) is 0 Å². The molecule has 6 heteroatoms. The van der Waals surface area contributed by atoms with E-state index in [9.17, 15) is 4.79 Å². The molecule has 22 heavy (non-hydrogen) atoms. The van der Waals surface area contributed by atoms with Crippen molar-refractivity contribution in [1.82, 2.24) is 15.1 Å². The van der Waals surface area contributed by atoms with Crippen LogP contribution in [0.25, 0.3) is 0 Å². The second kappa shape index (κ2) is 8.29. The second-order valence-corrected chi connectivity index (χ2v) is 8.83. The van der Waals surface area contributed by atoms with Crippen molar-refractivity contribution < 1.29 is 4.79 Å². The van der Waals surface area contributed by atoms with Gasteiger partial charge < -0.3 is 5.32 Å². The molecule has 1 fully saturated rings. The van der Waals surface area contributed by atoms with Crippen LogP contribution in [0.3, 0.4) is 0 Å². The first-order chi connectivity index (χ1) is 10.5. The van der Waals surface area contributed by atoms with Crippen molar-refractivity contribution in [3.05, 3.63) is 17.0 Å². The van der Waals surface area contributed by atoms with Crippen LogP contribution < -0.4 is 5.32 Å². The maximum absolute atomic E-state index is 12.2. The molecule has 0 spiro atoms. The zero-order valence-electron chi connectivity index (χ0n) is 14.0. The third kappa shape index (κ3) is 4.95. The Labute approximate surface area is 142 Å². The number of amides is 1. The van der Waals surface area contributed by atoms with Gasteiger partial charge in [-0.15, -0.1) is 0 Å². The van der Waals surface area contributed by atoms with E-state index in [1.165, 1.54) is 11.5 Å². The predicted molar refractivity (Wildman–Crippen MR) is 96.8 cm³/mol. The van der Waals surface area contributed by atoms with Gasteiger partial charge in [-0.1, -0.05) is 13.8 Å². The molecular formula is C16H27N3OS2. The van der Waals surface area contributed by atoms with Gasteiger partial charge in [-0.25, -0.2) is 0 Å². The normalized spacial score (nSPS) is 18.7. The predicted octanol–water partition coefficient (Wildman–Crippen LogP) is 2.66. The molecule has 4 nitrogen and oxygen atoms in total. The summed E-state index contributed by atoms with van der Waals surface area (Å²) in [5.74, 6) is 4.26. The summed E-state index contributed by atoms with van der Waals surface area (Å²) < 4.78 is 2.04. The molecule has 1 N–H and O–H groups in total. The Kier molecular flexibility index (Phi) is 6.68. The molecule has 1 amide bonds. The minimum absolute atomic E-state index is 0.117. The summed E-state index contributed by atoms with van der Waals surface area (Å²) in [5, 5.41) is 8.24. The van der Waals surface area contributed by atoms with Crippen LogP contribution in [-0.4, -0.2) is 44.7 Å². The summed E-state index contributed by atoms with van der Waals surface area (Å²) in [4.78, 5) is 12.2. The van der Waals surface area contributed by atoms with Crippen LogP contribution in [0.1, 0.15) is 30.8 Å². The van der Waals surface area contributed by atoms with Crippen LogP contribution in [0.5, 0.6) is 0 Å². The number of rotatable bonds is 6. The largest absolute Gasteiger partial charge is 0.355 e. The number of aromatic nitrogens is 2. The first kappa shape index (κ1) is 17.7. The standard InChI is InChI=1S/C16H27N3OS2/c1-11(2)9-19-13(4)15(12(3)18-19)7-16(20)17-8-14-10-21-5-6-22-14/h11,14H,5-10H2,1-4H3,(H,17,20)/t14-/m0/s1. The summed E-state index contributed by atoms with van der Waals surface area (Å²) in [6.07, 6.45) is 0.445. The summed E-state index contributed by atoms with van der Waals surface area (Å²) in [7, 11) is 0. The molecular weight excluding hydrogens is 314 g/mol. The topological polar surface area (TPSA) is 46.9 Å². The van der Waals surface area contributed by atoms with E-state index in [1.54, 1.807) is 0 Å². The molecule has 1 aliphatic rings. The van der Waals surface area contributed by atoms with Gasteiger partial charge in [-0.3, -0.25) is 9.48 Å². The van der Waals surface area contributed by atoms with Crippen molar-refractivity contribution >= 4 is 29.4 Å². The molecule has 1 aromatic heterocycles. The molecule has 0 aliphatic carbocycles. The minimum atomic E-state index is 0.117. The molecule has 1 saturated heterocycles. The Bertz CT molecular complexity index is 508. The molecule has 2 heterocycles. The third-order valence-corrected chi connectivity index (χ3v) is 6.66. The molecule has 0 unspecified atom stereocenters. The van der Waals surface area contributed by atoms with Gasteiger partial charge in [0.2, 0.25) is 5.91 Å². The average Bonchev–Trinajstić information content (AvgIpc) is 2.73. The lowest BCUT2D eigenvalue weighted by Crippen LogP contribution is -2.34. The van der Waals surface area contributed by atoms with Gasteiger partial charge in [-0.05, 0) is 19.8 Å². The smallest absolute Gasteiger partial charge is 0.224 e. The lowest BCUT2D eigenvalue weighted by atomic mass is 10.1. The van der Waals surface area contributed by atoms with Crippen molar-refractivity contribution in [2.45, 2.75) is 45.9 Å². The Morgan fingerprint density at radius 3 is 2.82 bits per heavy atom. The number of thioether (sulfide) groups is 2. The molecule has 0 saturated carbocycles. The number of aryl methyl sites for hydroxylation is 1. The number of hydrogen-bond donors (Lipinski definition) is 1. The van der Waals surface area contributed by atoms with Crippen LogP contribution >= 0.6 is 23.5 Å². The summed E-state index contributed by atoms with van der Waals surface area (Å²) in [6, 6.07) is 0. The first-order valence-electron chi connectivity index (χ1n) is 7.96. The third-order valence-electron chi connectivity index (χ3n) is 3.82. The monoisotopic (exact) mass is 341 g/mol. The highest BCUT2D eigenvalue weighted by Crippen LogP contribution is 2.23. The minimum Gasteiger partial charge on any atom is -0.355 e. The van der Waals surface area contributed by atoms with Gasteiger partial charge in [0.1, 0.15) is 0 Å². The number of nitrogens with one attached hydrogen (secondary N) is 1. The first-order valence-corrected chi connectivity index (χ1v) is 10.2. The lowest BCUT2D eigenvalue weighted by Gasteiger charge is -2.21. The fourth-order valence-corrected chi connectivity index (χ4v) is 5.23. The molecule has 124 valence electrons. The van der Waals surface area contributed by atoms with Gasteiger partial charge >= 0.3 is 0 Å². The summed E-state index contributed by atoms with van der Waals surface area (Å²) in [5.41, 5.74) is 3.20. The molecule has 2 rings (SSSR count). The Hall–Kier alpha value is -0.620. The molecule has 0 aromatic carbocycles. The van der Waals surface area contributed by atoms with E-state index in [4.69, 9.17) is 0 Å². The zero-order chi connectivity index (χ0) is 16.1. The SMILES string of the molecule is Cc1nn(CC(C)C)c(C)c1CC(=O)NC[C@H]1CSCCS1. The van der Waals surface area contributed by atoms with Crippen molar-refractivity contribution in [2.75, 3.05) is 23.8 Å². The number of nitrogens with zero attached hydrogens (tertiary/aromatic N) is 2. The van der Waals surface area contributed by atoms with E-state index in [-0.39, 0.29) is 5.91 Å². The van der Waals surface area contributed by atoms with Gasteiger partial charge in [-0.2, -0.15) is 28.6 Å². The number of carbonyl (C=O) groups is 1. The average molecular weight is 342 g/mol. The van der Waals surface area contributed by atoms with Crippen molar-refractivity contribution in [2.24, 2.45) is 5.92 Å². The van der Waals surface area contributed by atoms with E-state index < -0.39 is 0 Å². The van der Waals surface area contributed by atoms with Crippen LogP contribution in [-0.2, 0) is 17.8 Å². The fourth-order valence-electron chi connectivity index (χ4n) is 2.62. The highest BCUT2D eigenvalue weighted by Gasteiger charge is 2.18. The van der Waals surface area contributed by atoms with Gasteiger partial charge in [0.25, 0.3) is 0 Å². The fraction of sp³-hybridized carbons (Fsp3) is 0.750. The number of carbonyl (C=O) groups excluding carboxylic acids is 1. The van der Waals surface area contributed by atoms with E-state index >= 15 is 0 Å². The molecule has 0 bridgehead atoms. The van der Waals surface area contributed by atoms with Crippen molar-refractivity contribution in [3.8, 4) is 0 Å². The van der Waals surface area contributed by atoms with Crippen LogP contribution in [0, 0.1) is 19.8 Å². The maximum atomic E-state index is 12.2. The van der Waals surface area contributed by atoms with Gasteiger partial charge in [0.05, 0.1) is 12.1 Å². The summed E-state index contributed by atoms with van der Waals surface area (Å²) >= 11 is 3.96. The van der Waals surface area contributed by atoms with Gasteiger partial charge in [0.15, 0.2) is 0 Å². The lowest BCUT2D eigenvalue weighted by molar-refractivity contribution is -0.120. The highest BCUT2D eigenvalue weighted by atomic mass is 32.2. The van der Waals surface area contributed by atoms with Crippen molar-refractivity contribution in [1.29, 1.82) is 0 Å². The van der Waals surface area contributed by atoms with Crippen LogP contribution in [0.2, 0.25) is 0 Å². The van der Waals surface area contributed by atoms with Crippen LogP contribution in [0.15, 0.2) is 0 Å². The highest BCUT2D eigenvalue weighted by molar-refractivity contribution is 8.06. The Morgan fingerprint density at radius 2 is 2.18 bits per heavy atom. The number of hydrogen-bond acceptors (Lipinski definition) is 4. The second-order valence-electron chi connectivity index (χ2n) is 6.27. The van der Waals surface area contributed by atoms with Gasteiger partial charge in [0, 0.05) is 46.9 Å². The maximum Gasteiger partial charge on any atom is 0.224 e. The van der Waals surface area contributed by atoms with E-state index in [0.29, 0.717) is 17.6 Å². The van der Waals surface area contributed by atoms with E-state index in [2.05, 4.69) is 31.2 Å². The molecule has 0 radical (unpaired) electrons. The molecule has 1 aliphatic heterocycles. The summed E-state index contributed by atoms with van der Waals surface area (Å²) in [6.45, 7) is 10.1. The molecule has 1 atom stereocenters. The van der Waals surface area contributed by atoms with E-state index in [1.807, 2.05) is 35.1 Å². The zero-order valence-corrected chi connectivity index (χ0v) is 15.6. The molecule has 1 aromatic rings. The Balaban J connectivity index is 1.89. The van der Waals surface area contributed by atoms with Crippen LogP contribution in [0.4, 0.5) is 0 Å². The Morgan fingerprint density at radius 1 is 1.41 bits per heavy atom. The quantitative estimate of drug-likeness (QED) is 0.864. The van der Waals surface area contributed by atoms with E-state index in [0.717, 1.165) is 35.8 Å².